The molecule has 0 bridgehead atoms. The van der Waals surface area contributed by atoms with Gasteiger partial charge in [0.1, 0.15) is 0 Å². The van der Waals surface area contributed by atoms with Crippen molar-refractivity contribution in [3.8, 4) is 39.6 Å². The summed E-state index contributed by atoms with van der Waals surface area (Å²) < 4.78 is 2.36. The molecule has 0 spiro atoms. The van der Waals surface area contributed by atoms with E-state index in [2.05, 4.69) is 187 Å². The van der Waals surface area contributed by atoms with Crippen LogP contribution in [0.1, 0.15) is 22.3 Å². The summed E-state index contributed by atoms with van der Waals surface area (Å²) >= 11 is 0. The minimum Gasteiger partial charge on any atom is -0.309 e. The molecule has 3 heteroatoms. The lowest BCUT2D eigenvalue weighted by Crippen LogP contribution is -2.29. The topological polar surface area (TPSA) is 30.7 Å². The molecular formula is C47H31N3. The molecule has 10 rings (SSSR count). The molecule has 50 heavy (non-hydrogen) atoms. The molecule has 0 radical (unpaired) electrons. The molecule has 0 unspecified atom stereocenters. The zero-order chi connectivity index (χ0) is 33.1. The Balaban J connectivity index is 1.28. The van der Waals surface area contributed by atoms with Gasteiger partial charge in [0.15, 0.2) is 5.82 Å². The molecule has 2 heterocycles. The van der Waals surface area contributed by atoms with E-state index in [1.165, 1.54) is 38.5 Å². The number of aromatic nitrogens is 3. The molecular weight excluding hydrogens is 607 g/mol. The van der Waals surface area contributed by atoms with Gasteiger partial charge in [0.25, 0.3) is 0 Å². The van der Waals surface area contributed by atoms with Crippen LogP contribution in [0.2, 0.25) is 0 Å². The van der Waals surface area contributed by atoms with Gasteiger partial charge in [0.05, 0.1) is 27.8 Å². The highest BCUT2D eigenvalue weighted by atomic mass is 15.0. The fourth-order valence-corrected chi connectivity index (χ4v) is 8.20. The summed E-state index contributed by atoms with van der Waals surface area (Å²) in [7, 11) is 0. The largest absolute Gasteiger partial charge is 0.309 e. The Kier molecular flexibility index (Phi) is 6.40. The van der Waals surface area contributed by atoms with Crippen molar-refractivity contribution >= 4 is 21.8 Å². The number of fused-ring (bicyclic) bond motifs is 6. The molecule has 0 fully saturated rings. The van der Waals surface area contributed by atoms with Gasteiger partial charge in [-0.1, -0.05) is 164 Å². The zero-order valence-electron chi connectivity index (χ0n) is 27.2. The Morgan fingerprint density at radius 1 is 0.400 bits per heavy atom. The van der Waals surface area contributed by atoms with Crippen molar-refractivity contribution in [2.45, 2.75) is 5.41 Å². The Hall–Kier alpha value is -6.58. The normalized spacial score (nSPS) is 13.0. The van der Waals surface area contributed by atoms with Crippen LogP contribution in [0, 0.1) is 0 Å². The van der Waals surface area contributed by atoms with Gasteiger partial charge in [-0.2, -0.15) is 0 Å². The van der Waals surface area contributed by atoms with Crippen LogP contribution in [0.25, 0.3) is 61.4 Å². The zero-order valence-corrected chi connectivity index (χ0v) is 27.2. The number of nitrogens with zero attached hydrogens (tertiary/aromatic N) is 3. The molecule has 9 aromatic rings. The lowest BCUT2D eigenvalue weighted by atomic mass is 9.67. The number of hydrogen-bond acceptors (Lipinski definition) is 2. The van der Waals surface area contributed by atoms with Gasteiger partial charge < -0.3 is 4.57 Å². The molecule has 0 aliphatic heterocycles. The standard InChI is InChI=1S/C47H31N3/c1-4-16-33(17-5-1)46-48-44(32-28-30-36(31-29-32)50-41-26-14-11-22-37(41)38-23-12-15-27-42(38)50)43-45(49-46)39-24-10-13-25-40(39)47(43,34-18-6-2-7-19-34)35-20-8-3-9-21-35/h1-31H. The average molecular weight is 638 g/mol. The van der Waals surface area contributed by atoms with Crippen LogP contribution < -0.4 is 0 Å². The summed E-state index contributed by atoms with van der Waals surface area (Å²) in [6, 6.07) is 67.1. The first-order chi connectivity index (χ1) is 24.8. The predicted octanol–water partition coefficient (Wildman–Crippen LogP) is 11.3. The van der Waals surface area contributed by atoms with Crippen LogP contribution >= 0.6 is 0 Å². The lowest BCUT2D eigenvalue weighted by Gasteiger charge is -2.34. The van der Waals surface area contributed by atoms with Crippen LogP contribution in [0.3, 0.4) is 0 Å². The van der Waals surface area contributed by atoms with Crippen molar-refractivity contribution in [1.29, 1.82) is 0 Å². The number of benzene rings is 7. The van der Waals surface area contributed by atoms with E-state index in [0.29, 0.717) is 0 Å². The van der Waals surface area contributed by atoms with Crippen LogP contribution in [0.5, 0.6) is 0 Å². The highest BCUT2D eigenvalue weighted by molar-refractivity contribution is 6.09. The molecule has 0 saturated heterocycles. The maximum atomic E-state index is 5.49. The van der Waals surface area contributed by atoms with Crippen molar-refractivity contribution in [3.05, 3.63) is 210 Å². The SMILES string of the molecule is c1ccc(-c2nc(-c3ccc(-n4c5ccccc5c5ccccc54)cc3)c3c(n2)-c2ccccc2C3(c2ccccc2)c2ccccc2)cc1. The highest BCUT2D eigenvalue weighted by Crippen LogP contribution is 2.58. The van der Waals surface area contributed by atoms with Crippen molar-refractivity contribution < 1.29 is 0 Å². The van der Waals surface area contributed by atoms with E-state index >= 15 is 0 Å². The lowest BCUT2D eigenvalue weighted by molar-refractivity contribution is 0.763. The molecule has 7 aromatic carbocycles. The minimum absolute atomic E-state index is 0.621. The molecule has 2 aromatic heterocycles. The summed E-state index contributed by atoms with van der Waals surface area (Å²) in [6.45, 7) is 0. The first-order valence-corrected chi connectivity index (χ1v) is 17.1. The molecule has 0 saturated carbocycles. The molecule has 0 amide bonds. The van der Waals surface area contributed by atoms with Crippen LogP contribution in [0.4, 0.5) is 0 Å². The second-order valence-electron chi connectivity index (χ2n) is 12.9. The summed E-state index contributed by atoms with van der Waals surface area (Å²) in [5, 5.41) is 2.50. The van der Waals surface area contributed by atoms with Gasteiger partial charge in [0, 0.05) is 38.7 Å². The Morgan fingerprint density at radius 3 is 1.52 bits per heavy atom. The van der Waals surface area contributed by atoms with Gasteiger partial charge in [-0.05, 0) is 41.0 Å². The van der Waals surface area contributed by atoms with E-state index in [-0.39, 0.29) is 0 Å². The summed E-state index contributed by atoms with van der Waals surface area (Å²) in [5.41, 5.74) is 12.7. The molecule has 0 atom stereocenters. The first kappa shape index (κ1) is 28.4. The van der Waals surface area contributed by atoms with Crippen molar-refractivity contribution in [2.75, 3.05) is 0 Å². The number of para-hydroxylation sites is 2. The smallest absolute Gasteiger partial charge is 0.160 e. The molecule has 1 aliphatic carbocycles. The minimum atomic E-state index is -0.621. The van der Waals surface area contributed by atoms with E-state index in [1.54, 1.807) is 0 Å². The van der Waals surface area contributed by atoms with E-state index < -0.39 is 5.41 Å². The van der Waals surface area contributed by atoms with E-state index in [9.17, 15) is 0 Å². The van der Waals surface area contributed by atoms with Crippen molar-refractivity contribution in [3.63, 3.8) is 0 Å². The highest BCUT2D eigenvalue weighted by Gasteiger charge is 2.49. The predicted molar refractivity (Wildman–Crippen MR) is 205 cm³/mol. The quantitative estimate of drug-likeness (QED) is 0.188. The Morgan fingerprint density at radius 2 is 0.900 bits per heavy atom. The monoisotopic (exact) mass is 637 g/mol. The van der Waals surface area contributed by atoms with Crippen LogP contribution in [-0.2, 0) is 5.41 Å². The third kappa shape index (κ3) is 4.10. The van der Waals surface area contributed by atoms with E-state index in [4.69, 9.17) is 9.97 Å². The Bertz CT molecular complexity index is 2580. The molecule has 1 aliphatic rings. The first-order valence-electron chi connectivity index (χ1n) is 17.1. The average Bonchev–Trinajstić information content (AvgIpc) is 3.70. The number of hydrogen-bond donors (Lipinski definition) is 0. The third-order valence-electron chi connectivity index (χ3n) is 10.3. The molecule has 234 valence electrons. The van der Waals surface area contributed by atoms with Crippen LogP contribution in [0.15, 0.2) is 188 Å². The maximum absolute atomic E-state index is 5.49. The maximum Gasteiger partial charge on any atom is 0.160 e. The summed E-state index contributed by atoms with van der Waals surface area (Å²) in [5.74, 6) is 0.720. The van der Waals surface area contributed by atoms with E-state index in [0.717, 1.165) is 45.2 Å². The second kappa shape index (κ2) is 11.3. The van der Waals surface area contributed by atoms with E-state index in [1.807, 2.05) is 6.07 Å². The van der Waals surface area contributed by atoms with Gasteiger partial charge in [-0.25, -0.2) is 9.97 Å². The molecule has 0 N–H and O–H groups in total. The van der Waals surface area contributed by atoms with Gasteiger partial charge in [-0.15, -0.1) is 0 Å². The van der Waals surface area contributed by atoms with Crippen molar-refractivity contribution in [1.82, 2.24) is 14.5 Å². The summed E-state index contributed by atoms with van der Waals surface area (Å²) in [4.78, 5) is 10.9. The third-order valence-corrected chi connectivity index (χ3v) is 10.3. The van der Waals surface area contributed by atoms with Crippen LogP contribution in [-0.4, -0.2) is 14.5 Å². The molecule has 3 nitrogen and oxygen atoms in total. The Labute approximate surface area is 290 Å². The van der Waals surface area contributed by atoms with Crippen molar-refractivity contribution in [2.24, 2.45) is 0 Å². The van der Waals surface area contributed by atoms with Gasteiger partial charge >= 0.3 is 0 Å². The summed E-state index contributed by atoms with van der Waals surface area (Å²) in [6.07, 6.45) is 0. The number of rotatable bonds is 5. The fourth-order valence-electron chi connectivity index (χ4n) is 8.20. The van der Waals surface area contributed by atoms with Gasteiger partial charge in [-0.3, -0.25) is 0 Å². The second-order valence-corrected chi connectivity index (χ2v) is 12.9. The van der Waals surface area contributed by atoms with Gasteiger partial charge in [0.2, 0.25) is 0 Å². The fraction of sp³-hybridized carbons (Fsp3) is 0.0213.